The minimum atomic E-state index is 0.620. The highest BCUT2D eigenvalue weighted by atomic mass is 15.1. The lowest BCUT2D eigenvalue weighted by atomic mass is 10.1. The van der Waals surface area contributed by atoms with Gasteiger partial charge in [0.05, 0.1) is 0 Å². The maximum absolute atomic E-state index is 3.73. The van der Waals surface area contributed by atoms with Gasteiger partial charge in [-0.3, -0.25) is 0 Å². The highest BCUT2D eigenvalue weighted by molar-refractivity contribution is 5.57. The summed E-state index contributed by atoms with van der Waals surface area (Å²) in [6, 6.07) is 9.34. The van der Waals surface area contributed by atoms with Gasteiger partial charge in [0.1, 0.15) is 0 Å². The molecule has 112 valence electrons. The number of nitrogens with one attached hydrogen (secondary N) is 1. The molecule has 1 N–H and O–H groups in total. The fourth-order valence-corrected chi connectivity index (χ4v) is 2.95. The van der Waals surface area contributed by atoms with E-state index in [1.165, 1.54) is 56.7 Å². The van der Waals surface area contributed by atoms with Crippen LogP contribution in [0.4, 0.5) is 11.4 Å². The highest BCUT2D eigenvalue weighted by Crippen LogP contribution is 2.21. The van der Waals surface area contributed by atoms with Gasteiger partial charge in [-0.2, -0.15) is 0 Å². The Labute approximate surface area is 124 Å². The molecule has 0 radical (unpaired) electrons. The zero-order valence-corrected chi connectivity index (χ0v) is 13.2. The minimum Gasteiger partial charge on any atom is -0.382 e. The van der Waals surface area contributed by atoms with Crippen molar-refractivity contribution < 1.29 is 0 Å². The molecule has 1 unspecified atom stereocenters. The van der Waals surface area contributed by atoms with Crippen molar-refractivity contribution in [1.29, 1.82) is 0 Å². The van der Waals surface area contributed by atoms with Crippen LogP contribution in [0.1, 0.15) is 32.6 Å². The average molecular weight is 275 g/mol. The molecule has 1 aromatic rings. The van der Waals surface area contributed by atoms with E-state index in [9.17, 15) is 0 Å². The lowest BCUT2D eigenvalue weighted by molar-refractivity contribution is 0.285. The summed E-state index contributed by atoms with van der Waals surface area (Å²) in [7, 11) is 4.18. The van der Waals surface area contributed by atoms with E-state index in [1.807, 2.05) is 0 Å². The second-order valence-electron chi connectivity index (χ2n) is 6.06. The SMILES string of the molecule is CCCN1CCCC(Nc2cccc(N(C)C)c2)CC1. The third kappa shape index (κ3) is 4.41. The molecule has 20 heavy (non-hydrogen) atoms. The van der Waals surface area contributed by atoms with Crippen LogP contribution in [-0.2, 0) is 0 Å². The van der Waals surface area contributed by atoms with Crippen LogP contribution in [0.25, 0.3) is 0 Å². The Morgan fingerprint density at radius 3 is 2.85 bits per heavy atom. The van der Waals surface area contributed by atoms with Gasteiger partial charge in [-0.25, -0.2) is 0 Å². The fraction of sp³-hybridized carbons (Fsp3) is 0.647. The average Bonchev–Trinajstić information content (AvgIpc) is 2.65. The van der Waals surface area contributed by atoms with Crippen LogP contribution in [0.5, 0.6) is 0 Å². The summed E-state index contributed by atoms with van der Waals surface area (Å²) in [6.07, 6.45) is 5.12. The van der Waals surface area contributed by atoms with Crippen molar-refractivity contribution in [2.45, 2.75) is 38.6 Å². The van der Waals surface area contributed by atoms with Crippen LogP contribution >= 0.6 is 0 Å². The molecule has 1 heterocycles. The van der Waals surface area contributed by atoms with Crippen molar-refractivity contribution in [1.82, 2.24) is 4.90 Å². The zero-order chi connectivity index (χ0) is 14.4. The number of hydrogen-bond acceptors (Lipinski definition) is 3. The maximum atomic E-state index is 3.73. The van der Waals surface area contributed by atoms with Gasteiger partial charge in [0, 0.05) is 38.1 Å². The van der Waals surface area contributed by atoms with Crippen LogP contribution < -0.4 is 10.2 Å². The molecular weight excluding hydrogens is 246 g/mol. The van der Waals surface area contributed by atoms with Gasteiger partial charge in [-0.15, -0.1) is 0 Å². The molecule has 1 aromatic carbocycles. The first-order chi connectivity index (χ1) is 9.69. The summed E-state index contributed by atoms with van der Waals surface area (Å²) in [6.45, 7) is 6.03. The van der Waals surface area contributed by atoms with Gasteiger partial charge in [-0.05, 0) is 57.0 Å². The summed E-state index contributed by atoms with van der Waals surface area (Å²) < 4.78 is 0. The lowest BCUT2D eigenvalue weighted by Crippen LogP contribution is -2.27. The standard InChI is InChI=1S/C17H29N3/c1-4-11-20-12-6-8-15(10-13-20)18-16-7-5-9-17(14-16)19(2)3/h5,7,9,14-15,18H,4,6,8,10-13H2,1-3H3. The van der Waals surface area contributed by atoms with Crippen molar-refractivity contribution in [3.05, 3.63) is 24.3 Å². The van der Waals surface area contributed by atoms with E-state index in [-0.39, 0.29) is 0 Å². The van der Waals surface area contributed by atoms with E-state index < -0.39 is 0 Å². The summed E-state index contributed by atoms with van der Waals surface area (Å²) in [5, 5.41) is 3.73. The van der Waals surface area contributed by atoms with Gasteiger partial charge in [-0.1, -0.05) is 13.0 Å². The Kier molecular flexibility index (Phi) is 5.72. The van der Waals surface area contributed by atoms with Gasteiger partial charge in [0.25, 0.3) is 0 Å². The molecular formula is C17H29N3. The Bertz CT molecular complexity index is 403. The van der Waals surface area contributed by atoms with Crippen LogP contribution in [0.15, 0.2) is 24.3 Å². The predicted octanol–water partition coefficient (Wildman–Crippen LogP) is 3.43. The number of benzene rings is 1. The van der Waals surface area contributed by atoms with Crippen LogP contribution in [0.2, 0.25) is 0 Å². The largest absolute Gasteiger partial charge is 0.382 e. The minimum absolute atomic E-state index is 0.620. The summed E-state index contributed by atoms with van der Waals surface area (Å²) >= 11 is 0. The molecule has 0 spiro atoms. The van der Waals surface area contributed by atoms with E-state index in [2.05, 4.69) is 60.4 Å². The van der Waals surface area contributed by atoms with Gasteiger partial charge in [0.15, 0.2) is 0 Å². The topological polar surface area (TPSA) is 18.5 Å². The maximum Gasteiger partial charge on any atom is 0.0381 e. The van der Waals surface area contributed by atoms with E-state index in [0.29, 0.717) is 6.04 Å². The normalized spacial score (nSPS) is 20.4. The van der Waals surface area contributed by atoms with E-state index >= 15 is 0 Å². The highest BCUT2D eigenvalue weighted by Gasteiger charge is 2.16. The molecule has 0 aromatic heterocycles. The van der Waals surface area contributed by atoms with Gasteiger partial charge < -0.3 is 15.1 Å². The molecule has 3 nitrogen and oxygen atoms in total. The summed E-state index contributed by atoms with van der Waals surface area (Å²) in [4.78, 5) is 4.76. The number of hydrogen-bond donors (Lipinski definition) is 1. The molecule has 1 saturated heterocycles. The Morgan fingerprint density at radius 2 is 2.10 bits per heavy atom. The fourth-order valence-electron chi connectivity index (χ4n) is 2.95. The van der Waals surface area contributed by atoms with Crippen molar-refractivity contribution in [3.63, 3.8) is 0 Å². The molecule has 0 bridgehead atoms. The van der Waals surface area contributed by atoms with Crippen molar-refractivity contribution in [2.24, 2.45) is 0 Å². The monoisotopic (exact) mass is 275 g/mol. The first-order valence-electron chi connectivity index (χ1n) is 7.95. The van der Waals surface area contributed by atoms with Gasteiger partial charge in [0.2, 0.25) is 0 Å². The van der Waals surface area contributed by atoms with Crippen LogP contribution in [0.3, 0.4) is 0 Å². The third-order valence-electron chi connectivity index (χ3n) is 4.09. The molecule has 3 heteroatoms. The molecule has 0 amide bonds. The van der Waals surface area contributed by atoms with E-state index in [0.717, 1.165) is 0 Å². The quantitative estimate of drug-likeness (QED) is 0.888. The van der Waals surface area contributed by atoms with Crippen molar-refractivity contribution in [2.75, 3.05) is 43.9 Å². The van der Waals surface area contributed by atoms with Crippen LogP contribution in [-0.4, -0.2) is 44.7 Å². The number of rotatable bonds is 5. The first kappa shape index (κ1) is 15.2. The molecule has 1 aliphatic heterocycles. The lowest BCUT2D eigenvalue weighted by Gasteiger charge is -2.21. The molecule has 1 atom stereocenters. The molecule has 1 fully saturated rings. The number of anilines is 2. The third-order valence-corrected chi connectivity index (χ3v) is 4.09. The summed E-state index contributed by atoms with van der Waals surface area (Å²) in [5.74, 6) is 0. The van der Waals surface area contributed by atoms with Crippen molar-refractivity contribution in [3.8, 4) is 0 Å². The second-order valence-corrected chi connectivity index (χ2v) is 6.06. The molecule has 2 rings (SSSR count). The Morgan fingerprint density at radius 1 is 1.25 bits per heavy atom. The zero-order valence-electron chi connectivity index (χ0n) is 13.2. The Hall–Kier alpha value is -1.22. The molecule has 0 aliphatic carbocycles. The van der Waals surface area contributed by atoms with E-state index in [1.54, 1.807) is 0 Å². The smallest absolute Gasteiger partial charge is 0.0381 e. The Balaban J connectivity index is 1.91. The second kappa shape index (κ2) is 7.53. The van der Waals surface area contributed by atoms with Gasteiger partial charge >= 0.3 is 0 Å². The molecule has 1 aliphatic rings. The van der Waals surface area contributed by atoms with E-state index in [4.69, 9.17) is 0 Å². The van der Waals surface area contributed by atoms with Crippen molar-refractivity contribution >= 4 is 11.4 Å². The first-order valence-corrected chi connectivity index (χ1v) is 7.95. The summed E-state index contributed by atoms with van der Waals surface area (Å²) in [5.41, 5.74) is 2.52. The predicted molar refractivity (Wildman–Crippen MR) is 88.8 cm³/mol. The van der Waals surface area contributed by atoms with Crippen LogP contribution in [0, 0.1) is 0 Å². The number of nitrogens with zero attached hydrogens (tertiary/aromatic N) is 2. The number of likely N-dealkylation sites (tertiary alicyclic amines) is 1. The molecule has 0 saturated carbocycles.